The van der Waals surface area contributed by atoms with Crippen molar-refractivity contribution in [2.75, 3.05) is 33.3 Å². The average molecular weight is 718 g/mol. The number of nitrogens with one attached hydrogen (secondary N) is 2. The largest absolute Gasteiger partial charge is 0.506 e. The lowest BCUT2D eigenvalue weighted by Crippen LogP contribution is -2.45. The third-order valence-electron chi connectivity index (χ3n) is 9.48. The third kappa shape index (κ3) is 8.12. The lowest BCUT2D eigenvalue weighted by Gasteiger charge is -2.38. The number of thiophene rings is 2. The monoisotopic (exact) mass is 717 g/mol. The van der Waals surface area contributed by atoms with Gasteiger partial charge in [-0.05, 0) is 104 Å². The predicted molar refractivity (Wildman–Crippen MR) is 197 cm³/mol. The summed E-state index contributed by atoms with van der Waals surface area (Å²) in [5.74, 6) is -0.190. The molecule has 2 aromatic carbocycles. The molecule has 10 nitrogen and oxygen atoms in total. The quantitative estimate of drug-likeness (QED) is 0.0790. The maximum Gasteiger partial charge on any atom is 0.347 e. The van der Waals surface area contributed by atoms with E-state index in [2.05, 4.69) is 22.2 Å². The van der Waals surface area contributed by atoms with E-state index in [4.69, 9.17) is 9.47 Å². The highest BCUT2D eigenvalue weighted by Gasteiger charge is 2.48. The van der Waals surface area contributed by atoms with E-state index in [1.165, 1.54) is 34.8 Å². The Kier molecular flexibility index (Phi) is 11.7. The van der Waals surface area contributed by atoms with Gasteiger partial charge in [0.05, 0.1) is 27.5 Å². The number of hydrogen-bond donors (Lipinski definition) is 5. The van der Waals surface area contributed by atoms with Crippen LogP contribution in [0.15, 0.2) is 88.4 Å². The van der Waals surface area contributed by atoms with Gasteiger partial charge >= 0.3 is 5.97 Å². The van der Waals surface area contributed by atoms with Crippen molar-refractivity contribution >= 4 is 39.5 Å². The molecular formula is C38H43N3O7S2. The van der Waals surface area contributed by atoms with E-state index in [1.807, 2.05) is 59.3 Å². The summed E-state index contributed by atoms with van der Waals surface area (Å²) in [6.45, 7) is 2.34. The van der Waals surface area contributed by atoms with Crippen LogP contribution in [0, 0.1) is 0 Å². The number of aliphatic carboxylic acids is 1. The molecule has 1 atom stereocenters. The van der Waals surface area contributed by atoms with Crippen molar-refractivity contribution in [1.29, 1.82) is 0 Å². The molecule has 1 fully saturated rings. The number of ether oxygens (including phenoxy) is 2. The van der Waals surface area contributed by atoms with E-state index in [-0.39, 0.29) is 17.4 Å². The van der Waals surface area contributed by atoms with Crippen LogP contribution in [0.1, 0.15) is 52.7 Å². The van der Waals surface area contributed by atoms with Gasteiger partial charge < -0.3 is 40.0 Å². The standard InChI is InChI=1S/C38H43N3O7S2/c1-41(26-8-12-28(13-9-26)48-38(37(45)46,33-4-2-22-49-33)34-5-3-23-50-34)20-21-47-27-10-6-25(7-11-27)18-19-39-24-32(43)29-14-16-31(42)36-30(29)15-17-35(44)40-36/h2-7,10-11,14-17,22-23,26,28,32,39,42-43H,8-9,12-13,18-21,24H2,1H3,(H,40,44)(H,45,46)/t26-,28-,32-/m0/s1. The topological polar surface area (TPSA) is 144 Å². The number of aliphatic hydroxyl groups is 1. The molecule has 264 valence electrons. The summed E-state index contributed by atoms with van der Waals surface area (Å²) in [6, 6.07) is 22.0. The second kappa shape index (κ2) is 16.3. The molecule has 1 saturated carbocycles. The molecule has 1 aliphatic rings. The Morgan fingerprint density at radius 3 is 2.34 bits per heavy atom. The number of aliphatic hydroxyl groups excluding tert-OH is 1. The highest BCUT2D eigenvalue weighted by molar-refractivity contribution is 7.12. The molecule has 0 bridgehead atoms. The Morgan fingerprint density at radius 1 is 1.00 bits per heavy atom. The second-order valence-corrected chi connectivity index (χ2v) is 14.6. The van der Waals surface area contributed by atoms with Crippen LogP contribution in [0.25, 0.3) is 10.9 Å². The number of aromatic nitrogens is 1. The van der Waals surface area contributed by atoms with Crippen LogP contribution >= 0.6 is 22.7 Å². The molecule has 3 aromatic heterocycles. The number of phenolic OH excluding ortho intramolecular Hbond substituents is 1. The molecule has 5 N–H and O–H groups in total. The van der Waals surface area contributed by atoms with Crippen LogP contribution in [0.5, 0.6) is 11.5 Å². The number of hydrogen-bond acceptors (Lipinski definition) is 10. The van der Waals surface area contributed by atoms with Crippen LogP contribution in [0.3, 0.4) is 0 Å². The number of fused-ring (bicyclic) bond motifs is 1. The molecule has 6 rings (SSSR count). The SMILES string of the molecule is CN(CCOc1ccc(CCNC[C@H](O)c2ccc(O)c3[nH]c(=O)ccc23)cc1)[C@H]1CC[C@H](OC(C(=O)O)(c2cccs2)c2cccs2)CC1. The highest BCUT2D eigenvalue weighted by atomic mass is 32.1. The van der Waals surface area contributed by atoms with E-state index < -0.39 is 17.7 Å². The van der Waals surface area contributed by atoms with Gasteiger partial charge in [-0.3, -0.25) is 4.79 Å². The molecule has 0 saturated heterocycles. The van der Waals surface area contributed by atoms with Crippen molar-refractivity contribution in [1.82, 2.24) is 15.2 Å². The lowest BCUT2D eigenvalue weighted by atomic mass is 9.90. The smallest absolute Gasteiger partial charge is 0.347 e. The van der Waals surface area contributed by atoms with Gasteiger partial charge in [0.1, 0.15) is 18.1 Å². The van der Waals surface area contributed by atoms with Crippen molar-refractivity contribution in [3.8, 4) is 11.5 Å². The number of pyridine rings is 1. The molecule has 0 amide bonds. The molecule has 5 aromatic rings. The molecule has 3 heterocycles. The third-order valence-corrected chi connectivity index (χ3v) is 11.4. The fourth-order valence-corrected chi connectivity index (χ4v) is 8.49. The number of aromatic hydroxyl groups is 1. The number of carbonyl (C=O) groups is 1. The first kappa shape index (κ1) is 35.8. The molecule has 0 spiro atoms. The summed E-state index contributed by atoms with van der Waals surface area (Å²) in [6.07, 6.45) is 3.29. The van der Waals surface area contributed by atoms with Crippen molar-refractivity contribution in [3.63, 3.8) is 0 Å². The Balaban J connectivity index is 0.912. The van der Waals surface area contributed by atoms with Crippen LogP contribution < -0.4 is 15.6 Å². The predicted octanol–water partition coefficient (Wildman–Crippen LogP) is 5.89. The molecule has 50 heavy (non-hydrogen) atoms. The minimum atomic E-state index is -1.47. The van der Waals surface area contributed by atoms with Crippen LogP contribution in [-0.4, -0.2) is 76.6 Å². The Labute approximate surface area is 298 Å². The maximum atomic E-state index is 12.7. The first-order valence-corrected chi connectivity index (χ1v) is 18.7. The van der Waals surface area contributed by atoms with Crippen LogP contribution in [0.4, 0.5) is 0 Å². The molecule has 0 radical (unpaired) electrons. The van der Waals surface area contributed by atoms with Crippen LogP contribution in [-0.2, 0) is 21.6 Å². The normalized spacial score (nSPS) is 17.3. The van der Waals surface area contributed by atoms with Gasteiger partial charge in [0, 0.05) is 30.6 Å². The van der Waals surface area contributed by atoms with Crippen molar-refractivity contribution in [2.24, 2.45) is 0 Å². The van der Waals surface area contributed by atoms with E-state index in [1.54, 1.807) is 12.1 Å². The zero-order valence-corrected chi connectivity index (χ0v) is 29.6. The van der Waals surface area contributed by atoms with E-state index in [9.17, 15) is 24.9 Å². The fraction of sp³-hybridized carbons (Fsp3) is 0.368. The Morgan fingerprint density at radius 2 is 1.70 bits per heavy atom. The summed E-state index contributed by atoms with van der Waals surface area (Å²) in [7, 11) is 2.12. The number of nitrogens with zero attached hydrogens (tertiary/aromatic N) is 1. The number of carboxylic acids is 1. The van der Waals surface area contributed by atoms with Gasteiger partial charge in [-0.1, -0.05) is 30.3 Å². The van der Waals surface area contributed by atoms with Crippen molar-refractivity contribution in [3.05, 3.63) is 115 Å². The molecular weight excluding hydrogens is 675 g/mol. The van der Waals surface area contributed by atoms with E-state index in [0.717, 1.165) is 50.0 Å². The zero-order chi connectivity index (χ0) is 35.1. The summed E-state index contributed by atoms with van der Waals surface area (Å²) in [5, 5.41) is 39.0. The molecule has 0 unspecified atom stereocenters. The fourth-order valence-electron chi connectivity index (χ4n) is 6.68. The maximum absolute atomic E-state index is 12.7. The number of rotatable bonds is 16. The molecule has 1 aliphatic carbocycles. The number of benzene rings is 2. The highest BCUT2D eigenvalue weighted by Crippen LogP contribution is 2.42. The van der Waals surface area contributed by atoms with Gasteiger partial charge in [-0.2, -0.15) is 0 Å². The van der Waals surface area contributed by atoms with Gasteiger partial charge in [-0.15, -0.1) is 22.7 Å². The Bertz CT molecular complexity index is 1850. The summed E-state index contributed by atoms with van der Waals surface area (Å²) in [5.41, 5.74) is 0.323. The van der Waals surface area contributed by atoms with Crippen molar-refractivity contribution < 1.29 is 29.6 Å². The lowest BCUT2D eigenvalue weighted by molar-refractivity contribution is -0.170. The first-order chi connectivity index (χ1) is 24.2. The van der Waals surface area contributed by atoms with Crippen LogP contribution in [0.2, 0.25) is 0 Å². The molecule has 12 heteroatoms. The number of phenols is 1. The molecule has 0 aliphatic heterocycles. The minimum Gasteiger partial charge on any atom is -0.506 e. The Hall–Kier alpha value is -4.04. The number of aromatic amines is 1. The van der Waals surface area contributed by atoms with E-state index >= 15 is 0 Å². The number of H-pyrrole nitrogens is 1. The first-order valence-electron chi connectivity index (χ1n) is 16.9. The summed E-state index contributed by atoms with van der Waals surface area (Å²) < 4.78 is 12.6. The summed E-state index contributed by atoms with van der Waals surface area (Å²) in [4.78, 5) is 30.8. The second-order valence-electron chi connectivity index (χ2n) is 12.7. The summed E-state index contributed by atoms with van der Waals surface area (Å²) >= 11 is 2.83. The minimum absolute atomic E-state index is 0.0307. The van der Waals surface area contributed by atoms with Gasteiger partial charge in [0.15, 0.2) is 0 Å². The van der Waals surface area contributed by atoms with Gasteiger partial charge in [0.2, 0.25) is 11.2 Å². The van der Waals surface area contributed by atoms with E-state index in [0.29, 0.717) is 52.0 Å². The number of carboxylic acid groups (broad SMARTS) is 1. The zero-order valence-electron chi connectivity index (χ0n) is 27.9. The van der Waals surface area contributed by atoms with Gasteiger partial charge in [-0.25, -0.2) is 4.79 Å². The number of likely N-dealkylation sites (N-methyl/N-ethyl adjacent to an activating group) is 1. The average Bonchev–Trinajstić information content (AvgIpc) is 3.87. The van der Waals surface area contributed by atoms with Gasteiger partial charge in [0.25, 0.3) is 0 Å². The van der Waals surface area contributed by atoms with Crippen molar-refractivity contribution in [2.45, 2.75) is 56.0 Å².